The van der Waals surface area contributed by atoms with Crippen molar-refractivity contribution in [3.63, 3.8) is 0 Å². The molecule has 1 aliphatic carbocycles. The van der Waals surface area contributed by atoms with Crippen LogP contribution in [0.3, 0.4) is 0 Å². The number of methoxy groups -OCH3 is 5. The Kier molecular flexibility index (Phi) is 31.3. The van der Waals surface area contributed by atoms with E-state index in [1.165, 1.54) is 59.3 Å². The molecular formula is C63H91IN4O24S2Si. The number of nitrogens with one attached hydrogen (secondary N) is 3. The van der Waals surface area contributed by atoms with Crippen LogP contribution in [0.25, 0.3) is 0 Å². The fourth-order valence-electron chi connectivity index (χ4n) is 11.5. The molecule has 0 radical (unpaired) electrons. The first-order valence-electron chi connectivity index (χ1n) is 31.0. The number of nitrogens with zero attached hydrogens (tertiary/aromatic N) is 1. The smallest absolute Gasteiger partial charge is 0.411 e. The largest absolute Gasteiger partial charge is 0.492 e. The number of halogens is 1. The average Bonchev–Trinajstić information content (AvgIpc) is 0.779. The minimum Gasteiger partial charge on any atom is -0.492 e. The zero-order valence-electron chi connectivity index (χ0n) is 55.6. The lowest BCUT2D eigenvalue weighted by Gasteiger charge is -2.47. The van der Waals surface area contributed by atoms with Gasteiger partial charge in [-0.2, -0.15) is 5.48 Å². The van der Waals surface area contributed by atoms with Gasteiger partial charge in [0.15, 0.2) is 44.5 Å². The number of thioether (sulfide) groups is 2. The van der Waals surface area contributed by atoms with Gasteiger partial charge in [-0.15, -0.1) is 11.8 Å². The average molecular weight is 1510 g/mol. The van der Waals surface area contributed by atoms with Crippen molar-refractivity contribution in [2.75, 3.05) is 66.8 Å². The number of likely N-dealkylation sites (N-methyl/N-ethyl adjacent to an activating group) is 1. The molecule has 95 heavy (non-hydrogen) atoms. The van der Waals surface area contributed by atoms with Crippen LogP contribution in [0.4, 0.5) is 4.79 Å². The molecule has 6 rings (SSSR count). The molecule has 17 unspecified atom stereocenters. The van der Waals surface area contributed by atoms with Gasteiger partial charge in [0.1, 0.15) is 42.7 Å². The molecule has 4 fully saturated rings. The molecule has 9 N–H and O–H groups in total. The van der Waals surface area contributed by atoms with E-state index in [1.807, 2.05) is 42.6 Å². The molecule has 3 amide bonds. The van der Waals surface area contributed by atoms with E-state index in [4.69, 9.17) is 61.7 Å². The normalized spacial score (nSPS) is 30.3. The zero-order chi connectivity index (χ0) is 70.0. The highest BCUT2D eigenvalue weighted by atomic mass is 127. The summed E-state index contributed by atoms with van der Waals surface area (Å²) in [7, 11) is 4.37. The van der Waals surface area contributed by atoms with Gasteiger partial charge in [-0.25, -0.2) is 4.79 Å². The van der Waals surface area contributed by atoms with E-state index in [1.54, 1.807) is 44.8 Å². The van der Waals surface area contributed by atoms with Crippen molar-refractivity contribution in [1.29, 1.82) is 0 Å². The van der Waals surface area contributed by atoms with E-state index in [0.29, 0.717) is 40.3 Å². The summed E-state index contributed by atoms with van der Waals surface area (Å²) in [5.41, 5.74) is 3.81. The number of rotatable bonds is 27. The molecule has 18 atom stereocenters. The topological polar surface area (TPSA) is 366 Å². The molecule has 28 nitrogen and oxygen atoms in total. The van der Waals surface area contributed by atoms with Crippen LogP contribution in [0.5, 0.6) is 17.2 Å². The van der Waals surface area contributed by atoms with Crippen molar-refractivity contribution in [1.82, 2.24) is 21.0 Å². The van der Waals surface area contributed by atoms with Crippen molar-refractivity contribution < 1.29 is 116 Å². The Balaban J connectivity index is 1.27. The second-order valence-corrected chi connectivity index (χ2v) is 31.0. The molecule has 4 aliphatic heterocycles. The van der Waals surface area contributed by atoms with Gasteiger partial charge in [0, 0.05) is 64.8 Å². The number of benzene rings is 1. The summed E-state index contributed by atoms with van der Waals surface area (Å²) >= 11 is 4.07. The number of Topliss-reactive ketones (excluding diaryl/α,β-unsaturated/α-hetero) is 1. The standard InChI is InChI=1S/C63H91IN4O24S2Si/c1-14-68(36(6)70)38-30-85-44(29-42(38)80-7)90-57-52(75)49(67-92-45-28-40(72)59(35(5)86-45)94-60(77)46-32(2)48(64)55(58(83-10)54(46)81-8)91-61-53(76)56(82-9)51(74)34(4)88-61)33(3)87-62(57)89-41(20-17-15-16-18-25-69)47-37(21-22-39(71)50(47)66-63(78)84-11)23-26-93-31-43(73)65-24-19-27-95(12,13)79/h15-16,23,33-35,38,40-42,44-45,49,51-53,56-57,59,61-62,67,69,72,74-76,79H,14,19,21-22,24,26-31H2,1-13H3,(H,65,73)(H,66,78)/b16-15-,37-23-/t33?,34?,35?,38?,40?,41-,42?,44?,45?,49?,51?,52?,53?,56?,57?,59?,61?,62?/m0/s1. The first-order valence-corrected chi connectivity index (χ1v) is 37.3. The molecule has 0 spiro atoms. The number of carbonyl (C=O) groups is 5. The summed E-state index contributed by atoms with van der Waals surface area (Å²) in [6, 6.07) is -1.04. The van der Waals surface area contributed by atoms with E-state index >= 15 is 0 Å². The van der Waals surface area contributed by atoms with Crippen LogP contribution in [-0.4, -0.2) is 249 Å². The number of hydroxylamine groups is 1. The Morgan fingerprint density at radius 1 is 0.874 bits per heavy atom. The molecule has 5 aliphatic rings. The van der Waals surface area contributed by atoms with Gasteiger partial charge < -0.3 is 97.4 Å². The molecular weight excluding hydrogens is 1420 g/mol. The highest BCUT2D eigenvalue weighted by molar-refractivity contribution is 14.1. The quantitative estimate of drug-likeness (QED) is 0.0201. The first-order chi connectivity index (χ1) is 45.2. The first kappa shape index (κ1) is 79.3. The van der Waals surface area contributed by atoms with Crippen molar-refractivity contribution in [3.8, 4) is 41.1 Å². The third-order valence-corrected chi connectivity index (χ3v) is 21.6. The van der Waals surface area contributed by atoms with Crippen LogP contribution >= 0.6 is 46.1 Å². The number of aliphatic hydroxyl groups is 5. The summed E-state index contributed by atoms with van der Waals surface area (Å²) in [6.45, 7) is 14.2. The predicted molar refractivity (Wildman–Crippen MR) is 357 cm³/mol. The molecule has 0 saturated carbocycles. The van der Waals surface area contributed by atoms with Crippen molar-refractivity contribution in [2.45, 2.75) is 202 Å². The van der Waals surface area contributed by atoms with E-state index in [9.17, 15) is 54.3 Å². The summed E-state index contributed by atoms with van der Waals surface area (Å²) in [5, 5.41) is 59.4. The van der Waals surface area contributed by atoms with Crippen LogP contribution in [0.1, 0.15) is 82.6 Å². The Bertz CT molecular complexity index is 3030. The number of ketones is 1. The van der Waals surface area contributed by atoms with Crippen LogP contribution in [0.2, 0.25) is 19.1 Å². The zero-order valence-corrected chi connectivity index (χ0v) is 60.4. The Labute approximate surface area is 577 Å². The second-order valence-electron chi connectivity index (χ2n) is 23.6. The van der Waals surface area contributed by atoms with Gasteiger partial charge in [-0.05, 0) is 118 Å². The third-order valence-electron chi connectivity index (χ3n) is 16.5. The van der Waals surface area contributed by atoms with Crippen LogP contribution in [0, 0.1) is 34.4 Å². The molecule has 0 bridgehead atoms. The molecule has 530 valence electrons. The van der Waals surface area contributed by atoms with Crippen LogP contribution in [-0.2, 0) is 61.9 Å². The number of amides is 3. The van der Waals surface area contributed by atoms with E-state index in [0.717, 1.165) is 18.9 Å². The van der Waals surface area contributed by atoms with Crippen LogP contribution in [0.15, 0.2) is 35.1 Å². The Morgan fingerprint density at radius 2 is 1.58 bits per heavy atom. The molecule has 4 saturated heterocycles. The van der Waals surface area contributed by atoms with E-state index < -0.39 is 135 Å². The highest BCUT2D eigenvalue weighted by Gasteiger charge is 2.51. The number of hydrogen-bond donors (Lipinski definition) is 9. The maximum Gasteiger partial charge on any atom is 0.411 e. The summed E-state index contributed by atoms with van der Waals surface area (Å²) in [6.07, 6.45) is -12.2. The number of aliphatic hydroxyl groups excluding tert-OH is 5. The summed E-state index contributed by atoms with van der Waals surface area (Å²) in [5.74, 6) is 7.71. The van der Waals surface area contributed by atoms with Crippen molar-refractivity contribution >= 4 is 83.2 Å². The Morgan fingerprint density at radius 3 is 2.21 bits per heavy atom. The molecule has 32 heteroatoms. The molecule has 1 aromatic carbocycles. The molecule has 0 aromatic heterocycles. The number of ether oxygens (including phenoxy) is 12. The van der Waals surface area contributed by atoms with E-state index in [2.05, 4.69) is 33.9 Å². The number of carbonyl (C=O) groups excluding carboxylic acids is 5. The number of allylic oxidation sites excluding steroid dienone is 3. The summed E-state index contributed by atoms with van der Waals surface area (Å²) in [4.78, 5) is 85.1. The molecule has 1 aromatic rings. The second kappa shape index (κ2) is 37.5. The maximum absolute atomic E-state index is 14.5. The number of hydrogen-bond acceptors (Lipinski definition) is 27. The van der Waals surface area contributed by atoms with Gasteiger partial charge in [0.05, 0.1) is 96.4 Å². The monoisotopic (exact) mass is 1510 g/mol. The SMILES string of the molecule is CCN(C(C)=O)C1COC(OC2C(O[C@@H](C#C/C=C\C#CO)C3=C(NC(=O)OC)C(=O)CC/C3=C/CSCC(=O)NCCC[Si](C)(C)O)OC(C)C(NOC3CC(O)C(SC(=O)c4c(C)c(I)c(OC5OC(C)C(O)C(OC)C5O)c(OC)c4OC)C(C)O3)C2O)CC1OC. The summed E-state index contributed by atoms with van der Waals surface area (Å²) < 4.78 is 72.8. The fraction of sp³-hybridized carbons (Fsp3) is 0.667. The fourth-order valence-corrected chi connectivity index (χ4v) is 15.1. The van der Waals surface area contributed by atoms with Crippen molar-refractivity contribution in [2.24, 2.45) is 0 Å². The van der Waals surface area contributed by atoms with Crippen molar-refractivity contribution in [3.05, 3.63) is 49.8 Å². The van der Waals surface area contributed by atoms with Gasteiger partial charge in [-0.1, -0.05) is 29.7 Å². The third kappa shape index (κ3) is 21.0. The lowest BCUT2D eigenvalue weighted by atomic mass is 9.86. The maximum atomic E-state index is 14.5. The molecule has 4 heterocycles. The van der Waals surface area contributed by atoms with Crippen LogP contribution < -0.4 is 30.3 Å². The number of alkyl carbamates (subject to hydrolysis) is 1. The lowest BCUT2D eigenvalue weighted by Crippen LogP contribution is -2.65. The minimum atomic E-state index is -2.29. The van der Waals surface area contributed by atoms with Gasteiger partial charge in [0.25, 0.3) is 0 Å². The predicted octanol–water partition coefficient (Wildman–Crippen LogP) is 3.21. The highest BCUT2D eigenvalue weighted by Crippen LogP contribution is 2.49. The van der Waals surface area contributed by atoms with E-state index in [-0.39, 0.29) is 89.7 Å². The van der Waals surface area contributed by atoms with Gasteiger partial charge >= 0.3 is 6.09 Å². The lowest BCUT2D eigenvalue weighted by molar-refractivity contribution is -0.337. The minimum absolute atomic E-state index is 0.00438. The van der Waals surface area contributed by atoms with Gasteiger partial charge in [0.2, 0.25) is 29.0 Å². The van der Waals surface area contributed by atoms with Gasteiger partial charge in [-0.3, -0.25) is 29.3 Å². The Hall–Kier alpha value is -4.64.